The first-order valence-electron chi connectivity index (χ1n) is 9.14. The smallest absolute Gasteiger partial charge is 0.318 e. The number of fused-ring (bicyclic) bond motifs is 1. The van der Waals surface area contributed by atoms with Gasteiger partial charge >= 0.3 is 6.03 Å². The third kappa shape index (κ3) is 3.05. The number of carbonyl (C=O) groups excluding carboxylic acids is 1. The molecule has 1 aliphatic heterocycles. The number of hydrogen-bond acceptors (Lipinski definition) is 4. The molecular weight excluding hydrogens is 334 g/mol. The lowest BCUT2D eigenvalue weighted by atomic mass is 10.1. The normalized spacial score (nSPS) is 20.7. The maximum atomic E-state index is 12.6. The van der Waals surface area contributed by atoms with Crippen LogP contribution in [0.5, 0.6) is 0 Å². The maximum Gasteiger partial charge on any atom is 0.318 e. The van der Waals surface area contributed by atoms with Gasteiger partial charge in [0, 0.05) is 25.6 Å². The molecule has 4 rings (SSSR count). The summed E-state index contributed by atoms with van der Waals surface area (Å²) in [7, 11) is 0. The monoisotopic (exact) mass is 359 g/mol. The Kier molecular flexibility index (Phi) is 4.50. The molecular formula is C18H25N5OS. The molecule has 0 aromatic carbocycles. The van der Waals surface area contributed by atoms with Crippen molar-refractivity contribution in [2.24, 2.45) is 0 Å². The molecule has 3 heterocycles. The van der Waals surface area contributed by atoms with Crippen LogP contribution >= 0.6 is 11.3 Å². The van der Waals surface area contributed by atoms with Crippen molar-refractivity contribution in [3.05, 3.63) is 33.5 Å². The second-order valence-electron chi connectivity index (χ2n) is 7.16. The molecule has 1 N–H and O–H groups in total. The van der Waals surface area contributed by atoms with Crippen molar-refractivity contribution in [2.45, 2.75) is 64.6 Å². The Hall–Kier alpha value is -1.89. The quantitative estimate of drug-likeness (QED) is 0.911. The fraction of sp³-hybridized carbons (Fsp3) is 0.611. The van der Waals surface area contributed by atoms with Crippen molar-refractivity contribution in [1.29, 1.82) is 0 Å². The first-order chi connectivity index (χ1) is 12.1. The van der Waals surface area contributed by atoms with Crippen LogP contribution in [0.3, 0.4) is 0 Å². The summed E-state index contributed by atoms with van der Waals surface area (Å²) in [6.45, 7) is 6.21. The largest absolute Gasteiger partial charge is 0.334 e. The molecule has 7 heteroatoms. The van der Waals surface area contributed by atoms with Gasteiger partial charge in [-0.2, -0.15) is 11.3 Å². The van der Waals surface area contributed by atoms with Gasteiger partial charge in [0.15, 0.2) is 5.82 Å². The van der Waals surface area contributed by atoms with Crippen molar-refractivity contribution < 1.29 is 4.79 Å². The third-order valence-electron chi connectivity index (χ3n) is 5.59. The van der Waals surface area contributed by atoms with E-state index in [0.29, 0.717) is 19.0 Å². The first-order valence-corrected chi connectivity index (χ1v) is 10.1. The summed E-state index contributed by atoms with van der Waals surface area (Å²) in [4.78, 5) is 14.5. The molecule has 1 fully saturated rings. The van der Waals surface area contributed by atoms with E-state index in [1.807, 2.05) is 11.8 Å². The predicted octanol–water partition coefficient (Wildman–Crippen LogP) is 3.59. The number of thiophene rings is 1. The highest BCUT2D eigenvalue weighted by molar-refractivity contribution is 7.08. The topological polar surface area (TPSA) is 63.1 Å². The second-order valence-corrected chi connectivity index (χ2v) is 7.90. The molecule has 1 aliphatic carbocycles. The number of aryl methyl sites for hydroxylation is 1. The number of urea groups is 1. The molecule has 2 aliphatic rings. The van der Waals surface area contributed by atoms with E-state index in [-0.39, 0.29) is 12.1 Å². The van der Waals surface area contributed by atoms with Gasteiger partial charge < -0.3 is 14.8 Å². The zero-order chi connectivity index (χ0) is 17.4. The average molecular weight is 359 g/mol. The highest BCUT2D eigenvalue weighted by Crippen LogP contribution is 2.35. The zero-order valence-electron chi connectivity index (χ0n) is 14.9. The zero-order valence-corrected chi connectivity index (χ0v) is 15.7. The second kappa shape index (κ2) is 6.78. The van der Waals surface area contributed by atoms with Gasteiger partial charge in [0.1, 0.15) is 5.82 Å². The Bertz CT molecular complexity index is 761. The minimum atomic E-state index is -0.0417. The number of amides is 2. The minimum absolute atomic E-state index is 0.0187. The fourth-order valence-electron chi connectivity index (χ4n) is 4.01. The Labute approximate surface area is 152 Å². The number of rotatable bonds is 3. The summed E-state index contributed by atoms with van der Waals surface area (Å²) in [6.07, 6.45) is 5.02. The molecule has 25 heavy (non-hydrogen) atoms. The molecule has 2 amide bonds. The lowest BCUT2D eigenvalue weighted by Crippen LogP contribution is -2.46. The van der Waals surface area contributed by atoms with E-state index in [4.69, 9.17) is 0 Å². The van der Waals surface area contributed by atoms with E-state index < -0.39 is 0 Å². The lowest BCUT2D eigenvalue weighted by molar-refractivity contribution is 0.158. The minimum Gasteiger partial charge on any atom is -0.334 e. The van der Waals surface area contributed by atoms with E-state index in [1.165, 1.54) is 36.8 Å². The Balaban J connectivity index is 1.45. The van der Waals surface area contributed by atoms with Crippen molar-refractivity contribution >= 4 is 17.4 Å². The van der Waals surface area contributed by atoms with Gasteiger partial charge in [0.2, 0.25) is 0 Å². The summed E-state index contributed by atoms with van der Waals surface area (Å²) >= 11 is 1.67. The summed E-state index contributed by atoms with van der Waals surface area (Å²) in [5.41, 5.74) is 2.42. The Morgan fingerprint density at radius 3 is 2.72 bits per heavy atom. The maximum absolute atomic E-state index is 12.6. The van der Waals surface area contributed by atoms with Gasteiger partial charge in [-0.25, -0.2) is 4.79 Å². The average Bonchev–Trinajstić information content (AvgIpc) is 3.33. The summed E-state index contributed by atoms with van der Waals surface area (Å²) in [5.74, 6) is 2.61. The van der Waals surface area contributed by atoms with Gasteiger partial charge in [-0.05, 0) is 48.6 Å². The highest BCUT2D eigenvalue weighted by atomic mass is 32.1. The molecule has 0 bridgehead atoms. The molecule has 2 aromatic rings. The van der Waals surface area contributed by atoms with E-state index in [9.17, 15) is 4.79 Å². The van der Waals surface area contributed by atoms with Gasteiger partial charge in [-0.1, -0.05) is 12.8 Å². The van der Waals surface area contributed by atoms with Crippen LogP contribution in [0.25, 0.3) is 0 Å². The molecule has 2 aromatic heterocycles. The van der Waals surface area contributed by atoms with Crippen LogP contribution in [0, 0.1) is 6.92 Å². The standard InChI is InChI=1S/C18H25N5OS/c1-12-10-25-11-15(12)9-19-18(24)22-7-8-23-16(13(22)2)20-21-17(23)14-5-3-4-6-14/h10-11,13-14H,3-9H2,1-2H3,(H,19,24). The molecule has 1 saturated carbocycles. The molecule has 134 valence electrons. The van der Waals surface area contributed by atoms with Crippen molar-refractivity contribution in [2.75, 3.05) is 6.54 Å². The number of hydrogen-bond donors (Lipinski definition) is 1. The molecule has 1 unspecified atom stereocenters. The van der Waals surface area contributed by atoms with E-state index in [1.54, 1.807) is 11.3 Å². The van der Waals surface area contributed by atoms with Gasteiger partial charge in [0.05, 0.1) is 6.04 Å². The molecule has 6 nitrogen and oxygen atoms in total. The number of aromatic nitrogens is 3. The fourth-order valence-corrected chi connectivity index (χ4v) is 4.87. The molecule has 0 spiro atoms. The Morgan fingerprint density at radius 1 is 1.24 bits per heavy atom. The Morgan fingerprint density at radius 2 is 2.00 bits per heavy atom. The van der Waals surface area contributed by atoms with Crippen LogP contribution in [0.4, 0.5) is 4.79 Å². The van der Waals surface area contributed by atoms with E-state index in [2.05, 4.69) is 37.8 Å². The first kappa shape index (κ1) is 16.6. The van der Waals surface area contributed by atoms with Crippen molar-refractivity contribution in [3.8, 4) is 0 Å². The molecule has 1 atom stereocenters. The van der Waals surface area contributed by atoms with Crippen LogP contribution in [0.2, 0.25) is 0 Å². The van der Waals surface area contributed by atoms with Crippen molar-refractivity contribution in [1.82, 2.24) is 25.0 Å². The summed E-state index contributed by atoms with van der Waals surface area (Å²) in [5, 5.41) is 16.2. The van der Waals surface area contributed by atoms with Crippen LogP contribution in [-0.4, -0.2) is 32.2 Å². The number of nitrogens with zero attached hydrogens (tertiary/aromatic N) is 4. The SMILES string of the molecule is Cc1cscc1CNC(=O)N1CCn2c(C3CCCC3)nnc2C1C. The van der Waals surface area contributed by atoms with Gasteiger partial charge in [0.25, 0.3) is 0 Å². The van der Waals surface area contributed by atoms with Crippen LogP contribution in [0.1, 0.15) is 67.3 Å². The summed E-state index contributed by atoms with van der Waals surface area (Å²) < 4.78 is 2.26. The predicted molar refractivity (Wildman–Crippen MR) is 97.6 cm³/mol. The van der Waals surface area contributed by atoms with E-state index >= 15 is 0 Å². The highest BCUT2D eigenvalue weighted by Gasteiger charge is 2.33. The number of nitrogens with one attached hydrogen (secondary N) is 1. The van der Waals surface area contributed by atoms with Crippen molar-refractivity contribution in [3.63, 3.8) is 0 Å². The van der Waals surface area contributed by atoms with Gasteiger partial charge in [-0.15, -0.1) is 10.2 Å². The molecule has 0 saturated heterocycles. The van der Waals surface area contributed by atoms with Crippen LogP contribution in [0.15, 0.2) is 10.8 Å². The lowest BCUT2D eigenvalue weighted by Gasteiger charge is -2.34. The molecule has 0 radical (unpaired) electrons. The van der Waals surface area contributed by atoms with E-state index in [0.717, 1.165) is 18.2 Å². The third-order valence-corrected chi connectivity index (χ3v) is 6.50. The van der Waals surface area contributed by atoms with Gasteiger partial charge in [-0.3, -0.25) is 0 Å². The van der Waals surface area contributed by atoms with Crippen LogP contribution in [-0.2, 0) is 13.1 Å². The summed E-state index contributed by atoms with van der Waals surface area (Å²) in [6, 6.07) is -0.0604. The number of carbonyl (C=O) groups is 1. The van der Waals surface area contributed by atoms with Crippen LogP contribution < -0.4 is 5.32 Å².